The Balaban J connectivity index is 1.73. The molecule has 1 aliphatic rings. The van der Waals surface area contributed by atoms with E-state index in [-0.39, 0.29) is 12.1 Å². The van der Waals surface area contributed by atoms with Gasteiger partial charge >= 0.3 is 6.03 Å². The van der Waals surface area contributed by atoms with Crippen LogP contribution in [0.3, 0.4) is 0 Å². The number of carbonyl (C=O) groups is 1. The lowest BCUT2D eigenvalue weighted by molar-refractivity contribution is 0.0550. The fraction of sp³-hybridized carbons (Fsp3) is 0.333. The molecule has 2 amide bonds. The van der Waals surface area contributed by atoms with Gasteiger partial charge in [0, 0.05) is 25.6 Å². The van der Waals surface area contributed by atoms with Gasteiger partial charge in [0.15, 0.2) is 0 Å². The number of ether oxygens (including phenoxy) is 1. The highest BCUT2D eigenvalue weighted by atomic mass is 35.5. The van der Waals surface area contributed by atoms with Gasteiger partial charge < -0.3 is 15.4 Å². The molecule has 3 rings (SSSR count). The Morgan fingerprint density at radius 3 is 2.71 bits per heavy atom. The van der Waals surface area contributed by atoms with Crippen molar-refractivity contribution in [2.75, 3.05) is 18.5 Å². The van der Waals surface area contributed by atoms with E-state index in [9.17, 15) is 4.79 Å². The lowest BCUT2D eigenvalue weighted by atomic mass is 9.88. The van der Waals surface area contributed by atoms with E-state index in [0.717, 1.165) is 31.6 Å². The molecule has 24 heavy (non-hydrogen) atoms. The predicted molar refractivity (Wildman–Crippen MR) is 94.1 cm³/mol. The van der Waals surface area contributed by atoms with Crippen molar-refractivity contribution in [2.24, 2.45) is 5.92 Å². The average molecular weight is 346 g/mol. The van der Waals surface area contributed by atoms with Gasteiger partial charge in [-0.1, -0.05) is 29.8 Å². The van der Waals surface area contributed by atoms with Crippen LogP contribution in [0.1, 0.15) is 24.4 Å². The highest BCUT2D eigenvalue weighted by Crippen LogP contribution is 2.30. The smallest absolute Gasteiger partial charge is 0.319 e. The van der Waals surface area contributed by atoms with Crippen molar-refractivity contribution < 1.29 is 9.53 Å². The van der Waals surface area contributed by atoms with Crippen molar-refractivity contribution in [2.45, 2.75) is 18.9 Å². The van der Waals surface area contributed by atoms with Crippen LogP contribution in [0, 0.1) is 5.92 Å². The van der Waals surface area contributed by atoms with Crippen molar-refractivity contribution >= 4 is 23.3 Å². The molecule has 1 saturated heterocycles. The van der Waals surface area contributed by atoms with Gasteiger partial charge in [0.2, 0.25) is 0 Å². The molecule has 1 aromatic heterocycles. The normalized spacial score (nSPS) is 16.4. The molecule has 2 aromatic rings. The number of anilines is 1. The van der Waals surface area contributed by atoms with Crippen LogP contribution in [0.2, 0.25) is 5.02 Å². The molecule has 1 aromatic carbocycles. The number of hydrogen-bond donors (Lipinski definition) is 2. The second-order valence-corrected chi connectivity index (χ2v) is 6.20. The minimum atomic E-state index is -0.275. The monoisotopic (exact) mass is 345 g/mol. The standard InChI is InChI=1S/C18H20ClN3O2/c19-15-5-1-2-6-16(15)21-18(23)22-17(13-7-10-24-11-8-13)14-4-3-9-20-12-14/h1-6,9,12-13,17H,7-8,10-11H2,(H2,21,22,23)/t17-/m1/s1. The molecule has 1 aliphatic heterocycles. The fourth-order valence-electron chi connectivity index (χ4n) is 2.94. The Morgan fingerprint density at radius 2 is 2.00 bits per heavy atom. The Morgan fingerprint density at radius 1 is 1.21 bits per heavy atom. The number of carbonyl (C=O) groups excluding carboxylic acids is 1. The second kappa shape index (κ2) is 8.13. The van der Waals surface area contributed by atoms with Crippen molar-refractivity contribution in [3.8, 4) is 0 Å². The molecule has 126 valence electrons. The number of nitrogens with one attached hydrogen (secondary N) is 2. The first-order chi connectivity index (χ1) is 11.7. The van der Waals surface area contributed by atoms with Gasteiger partial charge in [-0.15, -0.1) is 0 Å². The van der Waals surface area contributed by atoms with Crippen LogP contribution in [-0.2, 0) is 4.74 Å². The molecule has 6 heteroatoms. The quantitative estimate of drug-likeness (QED) is 0.879. The highest BCUT2D eigenvalue weighted by Gasteiger charge is 2.27. The number of aromatic nitrogens is 1. The van der Waals surface area contributed by atoms with Crippen LogP contribution in [0.5, 0.6) is 0 Å². The summed E-state index contributed by atoms with van der Waals surface area (Å²) in [5, 5.41) is 6.40. The van der Waals surface area contributed by atoms with E-state index in [0.29, 0.717) is 16.6 Å². The maximum atomic E-state index is 12.5. The van der Waals surface area contributed by atoms with E-state index >= 15 is 0 Å². The Bertz CT molecular complexity index is 675. The van der Waals surface area contributed by atoms with Crippen LogP contribution in [-0.4, -0.2) is 24.2 Å². The Hall–Kier alpha value is -2.11. The maximum absolute atomic E-state index is 12.5. The van der Waals surface area contributed by atoms with Crippen LogP contribution >= 0.6 is 11.6 Å². The topological polar surface area (TPSA) is 63.2 Å². The zero-order valence-electron chi connectivity index (χ0n) is 13.2. The van der Waals surface area contributed by atoms with Gasteiger partial charge in [0.05, 0.1) is 16.8 Å². The number of amides is 2. The SMILES string of the molecule is O=C(Nc1ccccc1Cl)N[C@@H](c1cccnc1)C1CCOCC1. The lowest BCUT2D eigenvalue weighted by Gasteiger charge is -2.31. The van der Waals surface area contributed by atoms with Crippen molar-refractivity contribution in [1.29, 1.82) is 0 Å². The number of urea groups is 1. The van der Waals surface area contributed by atoms with E-state index in [1.165, 1.54) is 0 Å². The van der Waals surface area contributed by atoms with Gasteiger partial charge in [-0.05, 0) is 42.5 Å². The zero-order chi connectivity index (χ0) is 16.8. The first-order valence-electron chi connectivity index (χ1n) is 8.04. The van der Waals surface area contributed by atoms with Gasteiger partial charge in [-0.25, -0.2) is 4.79 Å². The number of hydrogen-bond acceptors (Lipinski definition) is 3. The minimum absolute atomic E-state index is 0.106. The van der Waals surface area contributed by atoms with Gasteiger partial charge in [-0.3, -0.25) is 4.98 Å². The highest BCUT2D eigenvalue weighted by molar-refractivity contribution is 6.33. The van der Waals surface area contributed by atoms with Crippen LogP contribution < -0.4 is 10.6 Å². The molecule has 0 unspecified atom stereocenters. The molecule has 0 spiro atoms. The third-order valence-electron chi connectivity index (χ3n) is 4.19. The molecule has 0 saturated carbocycles. The summed E-state index contributed by atoms with van der Waals surface area (Å²) in [5.41, 5.74) is 1.59. The van der Waals surface area contributed by atoms with E-state index in [2.05, 4.69) is 15.6 Å². The Labute approximate surface area is 146 Å². The van der Waals surface area contributed by atoms with Crippen LogP contribution in [0.25, 0.3) is 0 Å². The Kier molecular flexibility index (Phi) is 5.67. The molecule has 2 N–H and O–H groups in total. The minimum Gasteiger partial charge on any atom is -0.381 e. The van der Waals surface area contributed by atoms with Crippen molar-refractivity contribution in [1.82, 2.24) is 10.3 Å². The van der Waals surface area contributed by atoms with E-state index in [4.69, 9.17) is 16.3 Å². The number of para-hydroxylation sites is 1. The van der Waals surface area contributed by atoms with E-state index < -0.39 is 0 Å². The molecule has 0 bridgehead atoms. The van der Waals surface area contributed by atoms with Gasteiger partial charge in [0.1, 0.15) is 0 Å². The van der Waals surface area contributed by atoms with Crippen molar-refractivity contribution in [3.63, 3.8) is 0 Å². The van der Waals surface area contributed by atoms with E-state index in [1.54, 1.807) is 24.5 Å². The summed E-state index contributed by atoms with van der Waals surface area (Å²) < 4.78 is 5.44. The molecule has 0 aliphatic carbocycles. The summed E-state index contributed by atoms with van der Waals surface area (Å²) in [4.78, 5) is 16.6. The molecular weight excluding hydrogens is 326 g/mol. The average Bonchev–Trinajstić information content (AvgIpc) is 2.63. The first-order valence-corrected chi connectivity index (χ1v) is 8.41. The first kappa shape index (κ1) is 16.7. The van der Waals surface area contributed by atoms with Crippen LogP contribution in [0.4, 0.5) is 10.5 Å². The van der Waals surface area contributed by atoms with E-state index in [1.807, 2.05) is 24.3 Å². The number of nitrogens with zero attached hydrogens (tertiary/aromatic N) is 1. The zero-order valence-corrected chi connectivity index (χ0v) is 14.0. The summed E-state index contributed by atoms with van der Waals surface area (Å²) in [6.45, 7) is 1.44. The molecule has 1 fully saturated rings. The summed E-state index contributed by atoms with van der Waals surface area (Å²) in [6, 6.07) is 10.7. The second-order valence-electron chi connectivity index (χ2n) is 5.79. The summed E-state index contributed by atoms with van der Waals surface area (Å²) in [6.07, 6.45) is 5.35. The molecule has 0 radical (unpaired) electrons. The summed E-state index contributed by atoms with van der Waals surface area (Å²) in [7, 11) is 0. The summed E-state index contributed by atoms with van der Waals surface area (Å²) in [5.74, 6) is 0.319. The maximum Gasteiger partial charge on any atom is 0.319 e. The number of halogens is 1. The molecule has 1 atom stereocenters. The molecule has 5 nitrogen and oxygen atoms in total. The lowest BCUT2D eigenvalue weighted by Crippen LogP contribution is -2.38. The van der Waals surface area contributed by atoms with Crippen molar-refractivity contribution in [3.05, 3.63) is 59.4 Å². The number of benzene rings is 1. The predicted octanol–water partition coefficient (Wildman–Crippen LogP) is 4.02. The molecule has 2 heterocycles. The van der Waals surface area contributed by atoms with Gasteiger partial charge in [-0.2, -0.15) is 0 Å². The third kappa shape index (κ3) is 4.24. The molecular formula is C18H20ClN3O2. The summed E-state index contributed by atoms with van der Waals surface area (Å²) >= 11 is 6.10. The number of rotatable bonds is 4. The van der Waals surface area contributed by atoms with Crippen LogP contribution in [0.15, 0.2) is 48.8 Å². The fourth-order valence-corrected chi connectivity index (χ4v) is 3.13. The third-order valence-corrected chi connectivity index (χ3v) is 4.52. The van der Waals surface area contributed by atoms with Gasteiger partial charge in [0.25, 0.3) is 0 Å². The largest absolute Gasteiger partial charge is 0.381 e. The number of pyridine rings is 1.